The Hall–Kier alpha value is -1.99. The molecule has 0 saturated carbocycles. The Morgan fingerprint density at radius 3 is 2.74 bits per heavy atom. The summed E-state index contributed by atoms with van der Waals surface area (Å²) in [7, 11) is 0. The van der Waals surface area contributed by atoms with E-state index in [1.54, 1.807) is 6.20 Å². The van der Waals surface area contributed by atoms with E-state index in [4.69, 9.17) is 9.47 Å². The van der Waals surface area contributed by atoms with Gasteiger partial charge in [-0.05, 0) is 25.5 Å². The molecular weight excluding hydrogens is 321 g/mol. The van der Waals surface area contributed by atoms with E-state index in [0.717, 1.165) is 11.3 Å². The summed E-state index contributed by atoms with van der Waals surface area (Å²) in [5.74, 6) is -1.86. The van der Waals surface area contributed by atoms with Crippen LogP contribution in [0.15, 0.2) is 18.3 Å². The van der Waals surface area contributed by atoms with Gasteiger partial charge < -0.3 is 14.6 Å². The molecule has 0 radical (unpaired) electrons. The molecule has 1 N–H and O–H groups in total. The number of aromatic nitrogens is 1. The Kier molecular flexibility index (Phi) is 6.06. The van der Waals surface area contributed by atoms with Crippen molar-refractivity contribution in [1.29, 1.82) is 0 Å². The highest BCUT2D eigenvalue weighted by molar-refractivity contribution is 7.14. The quantitative estimate of drug-likeness (QED) is 0.742. The van der Waals surface area contributed by atoms with Crippen LogP contribution in [0.25, 0.3) is 10.6 Å². The van der Waals surface area contributed by atoms with Crippen LogP contribution in [-0.4, -0.2) is 35.9 Å². The lowest BCUT2D eigenvalue weighted by molar-refractivity contribution is 0.0691. The standard InChI is InChI=1S/C16H18FNO4S/c1-3-4-21-5-6-22-11-7-12(15-18-9-10(2)23-15)14(17)13(8-11)16(19)20/h7-9H,3-6H2,1-2H3,(H,19,20). The maximum atomic E-state index is 14.4. The van der Waals surface area contributed by atoms with E-state index in [1.807, 2.05) is 13.8 Å². The first-order chi connectivity index (χ1) is 11.0. The van der Waals surface area contributed by atoms with Crippen LogP contribution in [0.5, 0.6) is 5.75 Å². The molecule has 0 aliphatic carbocycles. The van der Waals surface area contributed by atoms with Gasteiger partial charge in [0.25, 0.3) is 0 Å². The zero-order chi connectivity index (χ0) is 16.8. The Bertz CT molecular complexity index is 687. The van der Waals surface area contributed by atoms with Gasteiger partial charge in [0.2, 0.25) is 0 Å². The van der Waals surface area contributed by atoms with Crippen LogP contribution in [0, 0.1) is 12.7 Å². The van der Waals surface area contributed by atoms with Crippen LogP contribution in [0.2, 0.25) is 0 Å². The number of thiazole rings is 1. The molecule has 1 heterocycles. The summed E-state index contributed by atoms with van der Waals surface area (Å²) >= 11 is 1.29. The topological polar surface area (TPSA) is 68.7 Å². The summed E-state index contributed by atoms with van der Waals surface area (Å²) in [5.41, 5.74) is -0.299. The van der Waals surface area contributed by atoms with E-state index in [-0.39, 0.29) is 17.9 Å². The van der Waals surface area contributed by atoms with Gasteiger partial charge in [-0.2, -0.15) is 0 Å². The predicted molar refractivity (Wildman–Crippen MR) is 85.8 cm³/mol. The lowest BCUT2D eigenvalue weighted by Gasteiger charge is -2.10. The Morgan fingerprint density at radius 2 is 2.13 bits per heavy atom. The molecule has 0 saturated heterocycles. The summed E-state index contributed by atoms with van der Waals surface area (Å²) in [5, 5.41) is 9.60. The fourth-order valence-electron chi connectivity index (χ4n) is 1.94. The number of benzene rings is 1. The van der Waals surface area contributed by atoms with Crippen molar-refractivity contribution in [3.63, 3.8) is 0 Å². The third-order valence-electron chi connectivity index (χ3n) is 2.97. The number of ether oxygens (including phenoxy) is 2. The molecule has 0 unspecified atom stereocenters. The molecule has 2 aromatic rings. The maximum absolute atomic E-state index is 14.4. The highest BCUT2D eigenvalue weighted by Crippen LogP contribution is 2.32. The van der Waals surface area contributed by atoms with Crippen LogP contribution in [0.3, 0.4) is 0 Å². The second kappa shape index (κ2) is 8.03. The molecule has 0 bridgehead atoms. The number of carboxylic acid groups (broad SMARTS) is 1. The van der Waals surface area contributed by atoms with E-state index >= 15 is 0 Å². The number of aryl methyl sites for hydroxylation is 1. The maximum Gasteiger partial charge on any atom is 0.338 e. The summed E-state index contributed by atoms with van der Waals surface area (Å²) < 4.78 is 25.2. The molecule has 1 aromatic carbocycles. The van der Waals surface area contributed by atoms with E-state index < -0.39 is 17.3 Å². The minimum atomic E-state index is -1.34. The molecule has 0 aliphatic rings. The number of hydrogen-bond acceptors (Lipinski definition) is 5. The number of nitrogens with zero attached hydrogens (tertiary/aromatic N) is 1. The van der Waals surface area contributed by atoms with Gasteiger partial charge in [0, 0.05) is 17.7 Å². The summed E-state index contributed by atoms with van der Waals surface area (Å²) in [4.78, 5) is 16.3. The highest BCUT2D eigenvalue weighted by Gasteiger charge is 2.19. The molecule has 0 aliphatic heterocycles. The van der Waals surface area contributed by atoms with Crippen LogP contribution in [-0.2, 0) is 4.74 Å². The van der Waals surface area contributed by atoms with Gasteiger partial charge in [-0.1, -0.05) is 6.92 Å². The normalized spacial score (nSPS) is 10.7. The van der Waals surface area contributed by atoms with Gasteiger partial charge in [0.05, 0.1) is 17.7 Å². The van der Waals surface area contributed by atoms with Gasteiger partial charge in [-0.3, -0.25) is 0 Å². The van der Waals surface area contributed by atoms with E-state index in [2.05, 4.69) is 4.98 Å². The fourth-order valence-corrected chi connectivity index (χ4v) is 2.71. The molecule has 23 heavy (non-hydrogen) atoms. The average molecular weight is 339 g/mol. The van der Waals surface area contributed by atoms with Crippen LogP contribution in [0.1, 0.15) is 28.6 Å². The Balaban J connectivity index is 2.25. The second-order valence-corrected chi connectivity index (χ2v) is 6.11. The Morgan fingerprint density at radius 1 is 1.35 bits per heavy atom. The van der Waals surface area contributed by atoms with Crippen molar-refractivity contribution in [2.24, 2.45) is 0 Å². The summed E-state index contributed by atoms with van der Waals surface area (Å²) in [6.07, 6.45) is 2.53. The highest BCUT2D eigenvalue weighted by atomic mass is 32.1. The summed E-state index contributed by atoms with van der Waals surface area (Å²) in [6.45, 7) is 5.14. The number of hydrogen-bond donors (Lipinski definition) is 1. The molecule has 1 aromatic heterocycles. The predicted octanol–water partition coefficient (Wildman–Crippen LogP) is 3.76. The van der Waals surface area contributed by atoms with Gasteiger partial charge in [0.15, 0.2) is 0 Å². The average Bonchev–Trinajstić information content (AvgIpc) is 2.94. The fraction of sp³-hybridized carbons (Fsp3) is 0.375. The van der Waals surface area contributed by atoms with Gasteiger partial charge in [0.1, 0.15) is 23.2 Å². The van der Waals surface area contributed by atoms with Gasteiger partial charge in [-0.15, -0.1) is 11.3 Å². The van der Waals surface area contributed by atoms with Crippen molar-refractivity contribution >= 4 is 17.3 Å². The molecule has 0 fully saturated rings. The van der Waals surface area contributed by atoms with E-state index in [0.29, 0.717) is 18.2 Å². The third-order valence-corrected chi connectivity index (χ3v) is 3.92. The first-order valence-corrected chi connectivity index (χ1v) is 8.04. The van der Waals surface area contributed by atoms with Crippen molar-refractivity contribution in [3.8, 4) is 16.3 Å². The monoisotopic (exact) mass is 339 g/mol. The molecule has 0 spiro atoms. The van der Waals surface area contributed by atoms with E-state index in [1.165, 1.54) is 23.5 Å². The smallest absolute Gasteiger partial charge is 0.338 e. The van der Waals surface area contributed by atoms with Crippen LogP contribution >= 0.6 is 11.3 Å². The van der Waals surface area contributed by atoms with Crippen LogP contribution < -0.4 is 4.74 Å². The number of aromatic carboxylic acids is 1. The molecular formula is C16H18FNO4S. The van der Waals surface area contributed by atoms with E-state index in [9.17, 15) is 14.3 Å². The van der Waals surface area contributed by atoms with Crippen molar-refractivity contribution < 1.29 is 23.8 Å². The van der Waals surface area contributed by atoms with Crippen molar-refractivity contribution in [3.05, 3.63) is 34.6 Å². The molecule has 7 heteroatoms. The molecule has 2 rings (SSSR count). The summed E-state index contributed by atoms with van der Waals surface area (Å²) in [6, 6.07) is 2.65. The van der Waals surface area contributed by atoms with Crippen molar-refractivity contribution in [1.82, 2.24) is 4.98 Å². The lowest BCUT2D eigenvalue weighted by Crippen LogP contribution is -2.09. The zero-order valence-corrected chi connectivity index (χ0v) is 13.8. The molecule has 0 amide bonds. The molecule has 0 atom stereocenters. The molecule has 5 nitrogen and oxygen atoms in total. The number of halogens is 1. The third kappa shape index (κ3) is 4.49. The molecule has 124 valence electrons. The van der Waals surface area contributed by atoms with Gasteiger partial charge in [-0.25, -0.2) is 14.2 Å². The van der Waals surface area contributed by atoms with Gasteiger partial charge >= 0.3 is 5.97 Å². The SMILES string of the molecule is CCCOCCOc1cc(C(=O)O)c(F)c(-c2ncc(C)s2)c1. The lowest BCUT2D eigenvalue weighted by atomic mass is 10.1. The van der Waals surface area contributed by atoms with Crippen molar-refractivity contribution in [2.45, 2.75) is 20.3 Å². The first kappa shape index (κ1) is 17.4. The minimum absolute atomic E-state index is 0.132. The zero-order valence-electron chi connectivity index (χ0n) is 13.0. The number of carbonyl (C=O) groups is 1. The van der Waals surface area contributed by atoms with Crippen molar-refractivity contribution in [2.75, 3.05) is 19.8 Å². The first-order valence-electron chi connectivity index (χ1n) is 7.23. The largest absolute Gasteiger partial charge is 0.491 e. The number of carboxylic acids is 1. The number of rotatable bonds is 8. The second-order valence-electron chi connectivity index (χ2n) is 4.87. The minimum Gasteiger partial charge on any atom is -0.491 e. The van der Waals surface area contributed by atoms with Crippen LogP contribution in [0.4, 0.5) is 4.39 Å². The Labute approximate surface area is 137 Å².